The molecule has 0 radical (unpaired) electrons. The third kappa shape index (κ3) is 6.04. The fraction of sp³-hybridized carbons (Fsp3) is 0.211. The highest BCUT2D eigenvalue weighted by Gasteiger charge is 2.10. The number of hydrogen-bond acceptors (Lipinski definition) is 3. The van der Waals surface area contributed by atoms with Crippen molar-refractivity contribution >= 4 is 40.6 Å². The molecule has 2 N–H and O–H groups in total. The number of amides is 2. The maximum Gasteiger partial charge on any atom is 0.224 e. The first-order chi connectivity index (χ1) is 12.0. The molecule has 0 aliphatic carbocycles. The quantitative estimate of drug-likeness (QED) is 0.725. The van der Waals surface area contributed by atoms with Gasteiger partial charge < -0.3 is 10.6 Å². The summed E-state index contributed by atoms with van der Waals surface area (Å²) in [6.45, 7) is 1.76. The lowest BCUT2D eigenvalue weighted by Gasteiger charge is -2.08. The van der Waals surface area contributed by atoms with Crippen molar-refractivity contribution in [2.45, 2.75) is 26.2 Å². The van der Waals surface area contributed by atoms with Crippen LogP contribution in [0.3, 0.4) is 0 Å². The van der Waals surface area contributed by atoms with Crippen LogP contribution in [0.1, 0.15) is 36.5 Å². The van der Waals surface area contributed by atoms with Crippen molar-refractivity contribution in [3.8, 4) is 0 Å². The highest BCUT2D eigenvalue weighted by molar-refractivity contribution is 6.30. The first-order valence-corrected chi connectivity index (χ1v) is 8.34. The number of rotatable bonds is 7. The van der Waals surface area contributed by atoms with Crippen LogP contribution in [-0.2, 0) is 9.59 Å². The SMILES string of the molecule is CCC(=O)Nc1cccc(NC(=O)CCC(=O)c2ccc(Cl)cc2)c1. The van der Waals surface area contributed by atoms with Gasteiger partial charge in [0.25, 0.3) is 0 Å². The van der Waals surface area contributed by atoms with Gasteiger partial charge in [-0.25, -0.2) is 0 Å². The van der Waals surface area contributed by atoms with Crippen LogP contribution in [0.15, 0.2) is 48.5 Å². The lowest BCUT2D eigenvalue weighted by Crippen LogP contribution is -2.14. The van der Waals surface area contributed by atoms with Gasteiger partial charge in [-0.2, -0.15) is 0 Å². The summed E-state index contributed by atoms with van der Waals surface area (Å²) in [4.78, 5) is 35.5. The molecule has 2 amide bonds. The van der Waals surface area contributed by atoms with Crippen molar-refractivity contribution in [1.82, 2.24) is 0 Å². The molecule has 0 saturated heterocycles. The molecule has 2 aromatic carbocycles. The number of carbonyl (C=O) groups excluding carboxylic acids is 3. The van der Waals surface area contributed by atoms with Crippen molar-refractivity contribution < 1.29 is 14.4 Å². The van der Waals surface area contributed by atoms with Crippen LogP contribution in [0.2, 0.25) is 5.02 Å². The minimum Gasteiger partial charge on any atom is -0.326 e. The Bertz CT molecular complexity index is 772. The number of anilines is 2. The summed E-state index contributed by atoms with van der Waals surface area (Å²) in [7, 11) is 0. The van der Waals surface area contributed by atoms with Crippen molar-refractivity contribution in [2.75, 3.05) is 10.6 Å². The molecule has 0 bridgehead atoms. The summed E-state index contributed by atoms with van der Waals surface area (Å²) in [6, 6.07) is 13.4. The maximum absolute atomic E-state index is 12.1. The number of Topliss-reactive ketones (excluding diaryl/α,β-unsaturated/α-hetero) is 1. The summed E-state index contributed by atoms with van der Waals surface area (Å²) in [6.07, 6.45) is 0.566. The highest BCUT2D eigenvalue weighted by Crippen LogP contribution is 2.16. The molecular formula is C19H19ClN2O3. The molecule has 2 rings (SSSR count). The molecule has 0 aromatic heterocycles. The van der Waals surface area contributed by atoms with E-state index in [1.54, 1.807) is 55.5 Å². The Labute approximate surface area is 151 Å². The van der Waals surface area contributed by atoms with E-state index in [2.05, 4.69) is 10.6 Å². The van der Waals surface area contributed by atoms with Crippen molar-refractivity contribution in [3.63, 3.8) is 0 Å². The summed E-state index contributed by atoms with van der Waals surface area (Å²) in [5.41, 5.74) is 1.71. The van der Waals surface area contributed by atoms with Gasteiger partial charge in [0.1, 0.15) is 0 Å². The average molecular weight is 359 g/mol. The minimum absolute atomic E-state index is 0.0764. The van der Waals surface area contributed by atoms with Gasteiger partial charge in [-0.05, 0) is 42.5 Å². The predicted molar refractivity (Wildman–Crippen MR) is 99.0 cm³/mol. The predicted octanol–water partition coefficient (Wildman–Crippen LogP) is 4.29. The van der Waals surface area contributed by atoms with E-state index in [1.807, 2.05) is 0 Å². The van der Waals surface area contributed by atoms with E-state index >= 15 is 0 Å². The molecule has 2 aromatic rings. The molecule has 0 saturated carbocycles. The highest BCUT2D eigenvalue weighted by atomic mass is 35.5. The van der Waals surface area contributed by atoms with Crippen LogP contribution in [0, 0.1) is 0 Å². The van der Waals surface area contributed by atoms with Gasteiger partial charge in [0.15, 0.2) is 5.78 Å². The minimum atomic E-state index is -0.263. The monoisotopic (exact) mass is 358 g/mol. The average Bonchev–Trinajstić information content (AvgIpc) is 2.60. The molecule has 130 valence electrons. The summed E-state index contributed by atoms with van der Waals surface area (Å²) in [5.74, 6) is -0.478. The lowest BCUT2D eigenvalue weighted by atomic mass is 10.1. The summed E-state index contributed by atoms with van der Waals surface area (Å²) in [5, 5.41) is 6.01. The van der Waals surface area contributed by atoms with Gasteiger partial charge in [0.05, 0.1) is 0 Å². The molecule has 0 atom stereocenters. The number of ketones is 1. The van der Waals surface area contributed by atoms with Crippen LogP contribution in [-0.4, -0.2) is 17.6 Å². The summed E-state index contributed by atoms with van der Waals surface area (Å²) >= 11 is 5.79. The Hall–Kier alpha value is -2.66. The first kappa shape index (κ1) is 18.7. The van der Waals surface area contributed by atoms with E-state index in [-0.39, 0.29) is 30.4 Å². The number of nitrogens with one attached hydrogen (secondary N) is 2. The Morgan fingerprint density at radius 2 is 1.48 bits per heavy atom. The molecule has 0 unspecified atom stereocenters. The Kier molecular flexibility index (Phi) is 6.71. The Balaban J connectivity index is 1.87. The maximum atomic E-state index is 12.1. The zero-order valence-electron chi connectivity index (χ0n) is 13.8. The second kappa shape index (κ2) is 8.99. The molecule has 0 fully saturated rings. The third-order valence-corrected chi connectivity index (χ3v) is 3.75. The van der Waals surface area contributed by atoms with E-state index in [1.165, 1.54) is 0 Å². The van der Waals surface area contributed by atoms with Crippen molar-refractivity contribution in [2.24, 2.45) is 0 Å². The smallest absolute Gasteiger partial charge is 0.224 e. The van der Waals surface area contributed by atoms with E-state index in [9.17, 15) is 14.4 Å². The zero-order chi connectivity index (χ0) is 18.2. The third-order valence-electron chi connectivity index (χ3n) is 3.50. The van der Waals surface area contributed by atoms with Crippen LogP contribution >= 0.6 is 11.6 Å². The number of benzene rings is 2. The van der Waals surface area contributed by atoms with E-state index in [4.69, 9.17) is 11.6 Å². The standard InChI is InChI=1S/C19H19ClN2O3/c1-2-18(24)21-15-4-3-5-16(12-15)22-19(25)11-10-17(23)13-6-8-14(20)9-7-13/h3-9,12H,2,10-11H2,1H3,(H,21,24)(H,22,25). The molecule has 0 aliphatic rings. The largest absolute Gasteiger partial charge is 0.326 e. The fourth-order valence-corrected chi connectivity index (χ4v) is 2.28. The van der Waals surface area contributed by atoms with Gasteiger partial charge in [-0.15, -0.1) is 0 Å². The molecule has 5 nitrogen and oxygen atoms in total. The van der Waals surface area contributed by atoms with Crippen LogP contribution in [0.4, 0.5) is 11.4 Å². The topological polar surface area (TPSA) is 75.3 Å². The van der Waals surface area contributed by atoms with Gasteiger partial charge in [-0.3, -0.25) is 14.4 Å². The Morgan fingerprint density at radius 1 is 0.880 bits per heavy atom. The van der Waals surface area contributed by atoms with Crippen LogP contribution < -0.4 is 10.6 Å². The normalized spacial score (nSPS) is 10.2. The van der Waals surface area contributed by atoms with Gasteiger partial charge in [0.2, 0.25) is 11.8 Å². The lowest BCUT2D eigenvalue weighted by molar-refractivity contribution is -0.116. The molecule has 0 heterocycles. The second-order valence-corrected chi connectivity index (χ2v) is 5.90. The van der Waals surface area contributed by atoms with E-state index < -0.39 is 0 Å². The second-order valence-electron chi connectivity index (χ2n) is 5.46. The van der Waals surface area contributed by atoms with E-state index in [0.717, 1.165) is 0 Å². The number of carbonyl (C=O) groups is 3. The van der Waals surface area contributed by atoms with Crippen molar-refractivity contribution in [3.05, 3.63) is 59.1 Å². The number of hydrogen-bond donors (Lipinski definition) is 2. The molecule has 25 heavy (non-hydrogen) atoms. The van der Waals surface area contributed by atoms with Gasteiger partial charge in [0, 0.05) is 41.2 Å². The fourth-order valence-electron chi connectivity index (χ4n) is 2.15. The Morgan fingerprint density at radius 3 is 2.08 bits per heavy atom. The first-order valence-electron chi connectivity index (χ1n) is 7.96. The molecule has 0 spiro atoms. The molecule has 0 aliphatic heterocycles. The number of halogens is 1. The van der Waals surface area contributed by atoms with Crippen molar-refractivity contribution in [1.29, 1.82) is 0 Å². The summed E-state index contributed by atoms with van der Waals surface area (Å²) < 4.78 is 0. The molecule has 6 heteroatoms. The van der Waals surface area contributed by atoms with Crippen LogP contribution in [0.5, 0.6) is 0 Å². The van der Waals surface area contributed by atoms with E-state index in [0.29, 0.717) is 28.4 Å². The molecular weight excluding hydrogens is 340 g/mol. The van der Waals surface area contributed by atoms with Gasteiger partial charge >= 0.3 is 0 Å². The van der Waals surface area contributed by atoms with Crippen LogP contribution in [0.25, 0.3) is 0 Å². The zero-order valence-corrected chi connectivity index (χ0v) is 14.6. The van der Waals surface area contributed by atoms with Gasteiger partial charge in [-0.1, -0.05) is 24.6 Å².